The van der Waals surface area contributed by atoms with Gasteiger partial charge in [-0.05, 0) is 52.2 Å². The Morgan fingerprint density at radius 2 is 1.70 bits per heavy atom. The normalized spacial score (nSPS) is 11.5. The Hall–Kier alpha value is -2.57. The lowest BCUT2D eigenvalue weighted by atomic mass is 10.1. The van der Waals surface area contributed by atoms with E-state index in [1.807, 2.05) is 25.5 Å². The van der Waals surface area contributed by atoms with Crippen molar-refractivity contribution in [1.29, 1.82) is 0 Å². The summed E-state index contributed by atoms with van der Waals surface area (Å²) in [4.78, 5) is 13.8. The molecule has 7 nitrogen and oxygen atoms in total. The molecule has 1 N–H and O–H groups in total. The monoisotopic (exact) mass is 367 g/mol. The summed E-state index contributed by atoms with van der Waals surface area (Å²) in [6, 6.07) is 2.38. The quantitative estimate of drug-likeness (QED) is 0.650. The van der Waals surface area contributed by atoms with E-state index in [-0.39, 0.29) is 0 Å². The SMILES string of the molecule is CCCC(CCC)n1nnc2c(Nc3c(C)cc(C)nc3C)nc(C)nc21. The predicted octanol–water partition coefficient (Wildman–Crippen LogP) is 4.73. The van der Waals surface area contributed by atoms with Crippen molar-refractivity contribution in [2.24, 2.45) is 0 Å². The molecular formula is C20H29N7. The Morgan fingerprint density at radius 1 is 1.00 bits per heavy atom. The third-order valence-electron chi connectivity index (χ3n) is 4.79. The van der Waals surface area contributed by atoms with Crippen molar-refractivity contribution in [1.82, 2.24) is 29.9 Å². The highest BCUT2D eigenvalue weighted by atomic mass is 15.5. The zero-order valence-electron chi connectivity index (χ0n) is 17.2. The minimum atomic E-state index is 0.316. The lowest BCUT2D eigenvalue weighted by Gasteiger charge is -2.16. The summed E-state index contributed by atoms with van der Waals surface area (Å²) in [5, 5.41) is 12.3. The number of anilines is 2. The Balaban J connectivity index is 2.08. The maximum Gasteiger partial charge on any atom is 0.184 e. The van der Waals surface area contributed by atoms with Crippen LogP contribution < -0.4 is 5.32 Å². The van der Waals surface area contributed by atoms with Gasteiger partial charge in [-0.25, -0.2) is 14.6 Å². The highest BCUT2D eigenvalue weighted by molar-refractivity contribution is 5.85. The second-order valence-corrected chi connectivity index (χ2v) is 7.22. The average molecular weight is 368 g/mol. The number of hydrogen-bond donors (Lipinski definition) is 1. The van der Waals surface area contributed by atoms with Crippen LogP contribution in [0, 0.1) is 27.7 Å². The summed E-state index contributed by atoms with van der Waals surface area (Å²) in [6.45, 7) is 12.4. The number of pyridine rings is 1. The average Bonchev–Trinajstić information content (AvgIpc) is 3.01. The molecule has 27 heavy (non-hydrogen) atoms. The van der Waals surface area contributed by atoms with Crippen LogP contribution in [0.3, 0.4) is 0 Å². The van der Waals surface area contributed by atoms with Gasteiger partial charge >= 0.3 is 0 Å². The molecule has 0 aliphatic carbocycles. The molecule has 3 heterocycles. The molecule has 3 rings (SSSR count). The van der Waals surface area contributed by atoms with Crippen molar-refractivity contribution in [3.63, 3.8) is 0 Å². The van der Waals surface area contributed by atoms with E-state index in [2.05, 4.69) is 57.4 Å². The minimum Gasteiger partial charge on any atom is -0.336 e. The minimum absolute atomic E-state index is 0.316. The Bertz CT molecular complexity index is 916. The number of fused-ring (bicyclic) bond motifs is 1. The zero-order chi connectivity index (χ0) is 19.6. The molecular weight excluding hydrogens is 338 g/mol. The van der Waals surface area contributed by atoms with Crippen LogP contribution in [-0.4, -0.2) is 29.9 Å². The summed E-state index contributed by atoms with van der Waals surface area (Å²) < 4.78 is 1.98. The van der Waals surface area contributed by atoms with Gasteiger partial charge in [0.25, 0.3) is 0 Å². The van der Waals surface area contributed by atoms with E-state index in [1.165, 1.54) is 0 Å². The molecule has 0 aromatic carbocycles. The maximum absolute atomic E-state index is 4.65. The van der Waals surface area contributed by atoms with E-state index in [9.17, 15) is 0 Å². The molecule has 3 aromatic heterocycles. The third kappa shape index (κ3) is 3.91. The largest absolute Gasteiger partial charge is 0.336 e. The third-order valence-corrected chi connectivity index (χ3v) is 4.79. The van der Waals surface area contributed by atoms with Gasteiger partial charge in [0.05, 0.1) is 17.4 Å². The molecule has 0 bridgehead atoms. The summed E-state index contributed by atoms with van der Waals surface area (Å²) >= 11 is 0. The van der Waals surface area contributed by atoms with E-state index in [0.29, 0.717) is 23.2 Å². The number of aromatic nitrogens is 6. The van der Waals surface area contributed by atoms with E-state index in [4.69, 9.17) is 0 Å². The summed E-state index contributed by atoms with van der Waals surface area (Å²) in [7, 11) is 0. The first kappa shape index (κ1) is 19.2. The molecule has 0 spiro atoms. The number of nitrogens with one attached hydrogen (secondary N) is 1. The highest BCUT2D eigenvalue weighted by Gasteiger charge is 2.20. The van der Waals surface area contributed by atoms with Crippen LogP contribution in [0.2, 0.25) is 0 Å². The molecule has 0 saturated carbocycles. The van der Waals surface area contributed by atoms with Gasteiger partial charge in [0.1, 0.15) is 5.82 Å². The molecule has 0 radical (unpaired) electrons. The first-order chi connectivity index (χ1) is 12.9. The molecule has 144 valence electrons. The van der Waals surface area contributed by atoms with E-state index in [1.54, 1.807) is 0 Å². The number of nitrogens with zero attached hydrogens (tertiary/aromatic N) is 6. The molecule has 0 unspecified atom stereocenters. The lowest BCUT2D eigenvalue weighted by molar-refractivity contribution is 0.391. The smallest absolute Gasteiger partial charge is 0.184 e. The Kier molecular flexibility index (Phi) is 5.68. The van der Waals surface area contributed by atoms with Gasteiger partial charge in [-0.15, -0.1) is 5.10 Å². The highest BCUT2D eigenvalue weighted by Crippen LogP contribution is 2.29. The van der Waals surface area contributed by atoms with Crippen LogP contribution in [0.5, 0.6) is 0 Å². The van der Waals surface area contributed by atoms with Gasteiger partial charge < -0.3 is 5.32 Å². The lowest BCUT2D eigenvalue weighted by Crippen LogP contribution is -2.12. The molecule has 7 heteroatoms. The fraction of sp³-hybridized carbons (Fsp3) is 0.550. The standard InChI is InChI=1S/C20H29N7/c1-7-9-16(10-8-2)27-20-18(25-26-27)19(22-15(6)23-20)24-17-12(3)11-13(4)21-14(17)5/h11,16H,7-10H2,1-6H3,(H,22,23,24). The van der Waals surface area contributed by atoms with Crippen LogP contribution in [0.4, 0.5) is 11.5 Å². The fourth-order valence-electron chi connectivity index (χ4n) is 3.66. The van der Waals surface area contributed by atoms with Gasteiger partial charge in [-0.2, -0.15) is 0 Å². The van der Waals surface area contributed by atoms with Gasteiger partial charge in [-0.3, -0.25) is 4.98 Å². The first-order valence-electron chi connectivity index (χ1n) is 9.76. The van der Waals surface area contributed by atoms with Crippen LogP contribution >= 0.6 is 0 Å². The second-order valence-electron chi connectivity index (χ2n) is 7.22. The van der Waals surface area contributed by atoms with E-state index in [0.717, 1.165) is 54.0 Å². The van der Waals surface area contributed by atoms with Crippen LogP contribution in [-0.2, 0) is 0 Å². The molecule has 0 aliphatic rings. The Morgan fingerprint density at radius 3 is 2.33 bits per heavy atom. The molecule has 0 aliphatic heterocycles. The first-order valence-corrected chi connectivity index (χ1v) is 9.76. The van der Waals surface area contributed by atoms with Crippen molar-refractivity contribution >= 4 is 22.7 Å². The van der Waals surface area contributed by atoms with Crippen LogP contribution in [0.15, 0.2) is 6.07 Å². The van der Waals surface area contributed by atoms with Gasteiger partial charge in [0.2, 0.25) is 0 Å². The van der Waals surface area contributed by atoms with Gasteiger partial charge in [-0.1, -0.05) is 31.9 Å². The van der Waals surface area contributed by atoms with Crippen molar-refractivity contribution in [2.75, 3.05) is 5.32 Å². The zero-order valence-corrected chi connectivity index (χ0v) is 17.2. The number of aryl methyl sites for hydroxylation is 4. The van der Waals surface area contributed by atoms with Crippen LogP contribution in [0.1, 0.15) is 68.3 Å². The van der Waals surface area contributed by atoms with Gasteiger partial charge in [0.15, 0.2) is 17.0 Å². The predicted molar refractivity (Wildman–Crippen MR) is 108 cm³/mol. The molecule has 0 fully saturated rings. The fourth-order valence-corrected chi connectivity index (χ4v) is 3.66. The van der Waals surface area contributed by atoms with Crippen molar-refractivity contribution in [3.8, 4) is 0 Å². The molecule has 0 amide bonds. The van der Waals surface area contributed by atoms with Crippen molar-refractivity contribution in [2.45, 2.75) is 73.3 Å². The van der Waals surface area contributed by atoms with Gasteiger partial charge in [0, 0.05) is 5.69 Å². The van der Waals surface area contributed by atoms with Crippen molar-refractivity contribution < 1.29 is 0 Å². The van der Waals surface area contributed by atoms with E-state index < -0.39 is 0 Å². The Labute approximate surface area is 160 Å². The number of rotatable bonds is 7. The molecule has 3 aromatic rings. The summed E-state index contributed by atoms with van der Waals surface area (Å²) in [6.07, 6.45) is 4.35. The molecule has 0 atom stereocenters. The second kappa shape index (κ2) is 7.98. The maximum atomic E-state index is 4.65. The topological polar surface area (TPSA) is 81.4 Å². The van der Waals surface area contributed by atoms with Crippen molar-refractivity contribution in [3.05, 3.63) is 28.8 Å². The summed E-state index contributed by atoms with van der Waals surface area (Å²) in [5.41, 5.74) is 5.55. The number of hydrogen-bond acceptors (Lipinski definition) is 6. The van der Waals surface area contributed by atoms with E-state index >= 15 is 0 Å². The van der Waals surface area contributed by atoms with Crippen LogP contribution in [0.25, 0.3) is 11.2 Å². The summed E-state index contributed by atoms with van der Waals surface area (Å²) in [5.74, 6) is 1.39. The molecule has 0 saturated heterocycles.